The summed E-state index contributed by atoms with van der Waals surface area (Å²) >= 11 is 0. The Morgan fingerprint density at radius 2 is 2.00 bits per heavy atom. The lowest BCUT2D eigenvalue weighted by Crippen LogP contribution is -2.04. The second-order valence-corrected chi connectivity index (χ2v) is 3.46. The van der Waals surface area contributed by atoms with Crippen molar-refractivity contribution in [3.05, 3.63) is 29.3 Å². The molecule has 0 aromatic heterocycles. The lowest BCUT2D eigenvalue weighted by molar-refractivity contribution is -0.131. The van der Waals surface area contributed by atoms with E-state index in [4.69, 9.17) is 14.6 Å². The van der Waals surface area contributed by atoms with Crippen LogP contribution in [0, 0.1) is 0 Å². The molecule has 0 radical (unpaired) electrons. The zero-order valence-electron chi connectivity index (χ0n) is 9.50. The Balaban J connectivity index is 2.48. The van der Waals surface area contributed by atoms with Crippen LogP contribution in [-0.2, 0) is 9.53 Å². The number of hydrogen-bond acceptors (Lipinski definition) is 5. The maximum atomic E-state index is 11.6. The highest BCUT2D eigenvalue weighted by Gasteiger charge is 2.20. The smallest absolute Gasteiger partial charge is 0.338 e. The lowest BCUT2D eigenvalue weighted by atomic mass is 10.1. The summed E-state index contributed by atoms with van der Waals surface area (Å²) < 4.78 is 14.9. The monoisotopic (exact) mass is 250 g/mol. The van der Waals surface area contributed by atoms with Crippen LogP contribution in [-0.4, -0.2) is 30.9 Å². The zero-order valence-corrected chi connectivity index (χ0v) is 9.50. The van der Waals surface area contributed by atoms with Gasteiger partial charge in [-0.1, -0.05) is 0 Å². The Labute approximate surface area is 102 Å². The van der Waals surface area contributed by atoms with Crippen LogP contribution in [0.1, 0.15) is 15.9 Å². The molecule has 1 aliphatic rings. The number of carboxylic acid groups (broad SMARTS) is 1. The van der Waals surface area contributed by atoms with Crippen molar-refractivity contribution < 1.29 is 28.9 Å². The van der Waals surface area contributed by atoms with Gasteiger partial charge in [0.05, 0.1) is 12.7 Å². The van der Waals surface area contributed by atoms with E-state index in [9.17, 15) is 9.59 Å². The molecule has 1 aromatic carbocycles. The topological polar surface area (TPSA) is 82.1 Å². The molecule has 0 saturated heterocycles. The molecule has 1 aliphatic heterocycles. The van der Waals surface area contributed by atoms with Gasteiger partial charge in [-0.15, -0.1) is 0 Å². The average molecular weight is 250 g/mol. The molecule has 2 rings (SSSR count). The third-order valence-electron chi connectivity index (χ3n) is 2.36. The fourth-order valence-electron chi connectivity index (χ4n) is 1.54. The van der Waals surface area contributed by atoms with Gasteiger partial charge < -0.3 is 19.3 Å². The largest absolute Gasteiger partial charge is 0.478 e. The van der Waals surface area contributed by atoms with Crippen LogP contribution in [0.2, 0.25) is 0 Å². The molecule has 0 amide bonds. The van der Waals surface area contributed by atoms with Gasteiger partial charge in [-0.25, -0.2) is 9.59 Å². The third-order valence-corrected chi connectivity index (χ3v) is 2.36. The predicted molar refractivity (Wildman–Crippen MR) is 60.6 cm³/mol. The van der Waals surface area contributed by atoms with E-state index >= 15 is 0 Å². The fourth-order valence-corrected chi connectivity index (χ4v) is 1.54. The first kappa shape index (κ1) is 12.0. The summed E-state index contributed by atoms with van der Waals surface area (Å²) in [5.74, 6) is -0.780. The van der Waals surface area contributed by atoms with E-state index in [0.717, 1.165) is 6.08 Å². The Kier molecular flexibility index (Phi) is 3.18. The van der Waals surface area contributed by atoms with E-state index in [0.29, 0.717) is 17.1 Å². The van der Waals surface area contributed by atoms with Gasteiger partial charge in [0.2, 0.25) is 6.79 Å². The van der Waals surface area contributed by atoms with E-state index in [-0.39, 0.29) is 12.4 Å². The predicted octanol–water partition coefficient (Wildman–Crippen LogP) is 1.30. The van der Waals surface area contributed by atoms with Crippen molar-refractivity contribution in [1.82, 2.24) is 0 Å². The van der Waals surface area contributed by atoms with Crippen LogP contribution in [0.5, 0.6) is 11.5 Å². The number of aliphatic carboxylic acids is 1. The van der Waals surface area contributed by atoms with E-state index in [1.54, 1.807) is 0 Å². The molecule has 0 saturated carbocycles. The standard InChI is InChI=1S/C12H10O6/c1-16-12(15)8-5-10-9(17-6-18-10)4-7(8)2-3-11(13)14/h2-5H,6H2,1H3,(H,13,14)/b3-2+. The zero-order chi connectivity index (χ0) is 13.1. The normalized spacial score (nSPS) is 12.7. The third kappa shape index (κ3) is 2.27. The van der Waals surface area contributed by atoms with Gasteiger partial charge in [0.15, 0.2) is 11.5 Å². The number of carbonyl (C=O) groups excluding carboxylic acids is 1. The fraction of sp³-hybridized carbons (Fsp3) is 0.167. The molecule has 6 heteroatoms. The number of carboxylic acids is 1. The maximum absolute atomic E-state index is 11.6. The molecule has 0 fully saturated rings. The summed E-state index contributed by atoms with van der Waals surface area (Å²) in [4.78, 5) is 22.1. The summed E-state index contributed by atoms with van der Waals surface area (Å²) in [6.07, 6.45) is 2.24. The maximum Gasteiger partial charge on any atom is 0.338 e. The van der Waals surface area contributed by atoms with Crippen LogP contribution in [0.25, 0.3) is 6.08 Å². The van der Waals surface area contributed by atoms with E-state index < -0.39 is 11.9 Å². The molecule has 0 atom stereocenters. The highest BCUT2D eigenvalue weighted by atomic mass is 16.7. The lowest BCUT2D eigenvalue weighted by Gasteiger charge is -2.05. The molecule has 1 heterocycles. The molecule has 0 spiro atoms. The Morgan fingerprint density at radius 1 is 1.33 bits per heavy atom. The molecule has 0 unspecified atom stereocenters. The van der Waals surface area contributed by atoms with Gasteiger partial charge in [0.1, 0.15) is 0 Å². The van der Waals surface area contributed by atoms with Crippen molar-refractivity contribution in [2.45, 2.75) is 0 Å². The molecular weight excluding hydrogens is 240 g/mol. The van der Waals surface area contributed by atoms with Gasteiger partial charge in [-0.2, -0.15) is 0 Å². The number of esters is 1. The number of ether oxygens (including phenoxy) is 3. The quantitative estimate of drug-likeness (QED) is 0.643. The average Bonchev–Trinajstić information content (AvgIpc) is 2.81. The SMILES string of the molecule is COC(=O)c1cc2c(cc1/C=C/C(=O)O)OCO2. The minimum absolute atomic E-state index is 0.0715. The van der Waals surface area contributed by atoms with Crippen molar-refractivity contribution in [3.8, 4) is 11.5 Å². The van der Waals surface area contributed by atoms with Gasteiger partial charge >= 0.3 is 11.9 Å². The molecule has 0 bridgehead atoms. The van der Waals surface area contributed by atoms with Crippen molar-refractivity contribution in [2.24, 2.45) is 0 Å². The number of methoxy groups -OCH3 is 1. The van der Waals surface area contributed by atoms with Crippen LogP contribution < -0.4 is 9.47 Å². The molecule has 0 aliphatic carbocycles. The van der Waals surface area contributed by atoms with Gasteiger partial charge in [-0.3, -0.25) is 0 Å². The van der Waals surface area contributed by atoms with Gasteiger partial charge in [0, 0.05) is 6.08 Å². The van der Waals surface area contributed by atoms with Gasteiger partial charge in [-0.05, 0) is 23.8 Å². The van der Waals surface area contributed by atoms with E-state index in [1.807, 2.05) is 0 Å². The Morgan fingerprint density at radius 3 is 2.61 bits per heavy atom. The first-order chi connectivity index (χ1) is 8.61. The number of rotatable bonds is 3. The molecule has 6 nitrogen and oxygen atoms in total. The van der Waals surface area contributed by atoms with Crippen LogP contribution in [0.3, 0.4) is 0 Å². The molecule has 1 N–H and O–H groups in total. The van der Waals surface area contributed by atoms with Crippen LogP contribution >= 0.6 is 0 Å². The summed E-state index contributed by atoms with van der Waals surface area (Å²) in [5, 5.41) is 8.60. The summed E-state index contributed by atoms with van der Waals surface area (Å²) in [5.41, 5.74) is 0.618. The minimum atomic E-state index is -1.11. The molecular formula is C12H10O6. The number of hydrogen-bond donors (Lipinski definition) is 1. The van der Waals surface area contributed by atoms with E-state index in [2.05, 4.69) is 4.74 Å². The van der Waals surface area contributed by atoms with Crippen LogP contribution in [0.15, 0.2) is 18.2 Å². The first-order valence-corrected chi connectivity index (χ1v) is 5.05. The van der Waals surface area contributed by atoms with Crippen molar-refractivity contribution >= 4 is 18.0 Å². The number of carbonyl (C=O) groups is 2. The Hall–Kier alpha value is -2.50. The first-order valence-electron chi connectivity index (χ1n) is 5.05. The molecule has 18 heavy (non-hydrogen) atoms. The molecule has 94 valence electrons. The Bertz CT molecular complexity index is 532. The van der Waals surface area contributed by atoms with Crippen molar-refractivity contribution in [2.75, 3.05) is 13.9 Å². The van der Waals surface area contributed by atoms with Crippen molar-refractivity contribution in [1.29, 1.82) is 0 Å². The second kappa shape index (κ2) is 4.79. The second-order valence-electron chi connectivity index (χ2n) is 3.46. The summed E-state index contributed by atoms with van der Waals surface area (Å²) in [6.45, 7) is 0.0715. The van der Waals surface area contributed by atoms with Crippen molar-refractivity contribution in [3.63, 3.8) is 0 Å². The molecule has 1 aromatic rings. The summed E-state index contributed by atoms with van der Waals surface area (Å²) in [6, 6.07) is 3.00. The van der Waals surface area contributed by atoms with Gasteiger partial charge in [0.25, 0.3) is 0 Å². The summed E-state index contributed by atoms with van der Waals surface area (Å²) in [7, 11) is 1.25. The highest BCUT2D eigenvalue weighted by Crippen LogP contribution is 2.35. The minimum Gasteiger partial charge on any atom is -0.478 e. The highest BCUT2D eigenvalue weighted by molar-refractivity contribution is 5.96. The van der Waals surface area contributed by atoms with Crippen LogP contribution in [0.4, 0.5) is 0 Å². The number of benzene rings is 1. The number of fused-ring (bicyclic) bond motifs is 1. The van der Waals surface area contributed by atoms with E-state index in [1.165, 1.54) is 25.3 Å².